The summed E-state index contributed by atoms with van der Waals surface area (Å²) in [5.74, 6) is -0.567. The fourth-order valence-electron chi connectivity index (χ4n) is 6.70. The van der Waals surface area contributed by atoms with Crippen LogP contribution in [-0.4, -0.2) is 66.6 Å². The van der Waals surface area contributed by atoms with Crippen LogP contribution >= 0.6 is 0 Å². The van der Waals surface area contributed by atoms with Gasteiger partial charge in [-0.05, 0) is 48.2 Å². The molecular formula is C38H48N4O7. The molecule has 3 aliphatic heterocycles. The van der Waals surface area contributed by atoms with Crippen molar-refractivity contribution in [3.63, 3.8) is 0 Å². The molecule has 49 heavy (non-hydrogen) atoms. The first-order valence-electron chi connectivity index (χ1n) is 17.4. The molecule has 1 spiro atoms. The van der Waals surface area contributed by atoms with E-state index in [0.29, 0.717) is 62.4 Å². The number of unbranched alkanes of at least 4 members (excludes halogenated alkanes) is 2. The molecule has 0 aliphatic carbocycles. The topological polar surface area (TPSA) is 145 Å². The maximum absolute atomic E-state index is 12.6. The largest absolute Gasteiger partial charge is 0.397 e. The van der Waals surface area contributed by atoms with Gasteiger partial charge in [-0.15, -0.1) is 0 Å². The summed E-state index contributed by atoms with van der Waals surface area (Å²) in [6.45, 7) is 3.87. The minimum atomic E-state index is -0.570. The van der Waals surface area contributed by atoms with Crippen LogP contribution in [0.25, 0.3) is 0 Å². The summed E-state index contributed by atoms with van der Waals surface area (Å²) in [5, 5.41) is 15.3. The first-order valence-corrected chi connectivity index (χ1v) is 17.4. The van der Waals surface area contributed by atoms with Crippen molar-refractivity contribution in [2.75, 3.05) is 49.2 Å². The van der Waals surface area contributed by atoms with E-state index in [9.17, 15) is 14.7 Å². The Morgan fingerprint density at radius 1 is 0.816 bits per heavy atom. The zero-order valence-electron chi connectivity index (χ0n) is 28.0. The smallest absolute Gasteiger partial charge is 0.224 e. The van der Waals surface area contributed by atoms with Crippen LogP contribution in [0.15, 0.2) is 72.8 Å². The van der Waals surface area contributed by atoms with Gasteiger partial charge in [-0.3, -0.25) is 9.59 Å². The van der Waals surface area contributed by atoms with E-state index in [2.05, 4.69) is 15.5 Å². The average molecular weight is 673 g/mol. The van der Waals surface area contributed by atoms with E-state index in [1.165, 1.54) is 0 Å². The molecule has 2 amide bonds. The van der Waals surface area contributed by atoms with Crippen molar-refractivity contribution < 1.29 is 33.6 Å². The Hall–Kier alpha value is -3.84. The van der Waals surface area contributed by atoms with Crippen molar-refractivity contribution in [1.29, 1.82) is 0 Å². The predicted molar refractivity (Wildman–Crippen MR) is 186 cm³/mol. The van der Waals surface area contributed by atoms with E-state index in [-0.39, 0.29) is 30.6 Å². The second-order valence-corrected chi connectivity index (χ2v) is 13.1. The third-order valence-corrected chi connectivity index (χ3v) is 9.52. The highest BCUT2D eigenvalue weighted by Gasteiger charge is 2.41. The van der Waals surface area contributed by atoms with Crippen molar-refractivity contribution in [3.05, 3.63) is 89.5 Å². The molecule has 0 radical (unpaired) electrons. The molecule has 3 saturated heterocycles. The number of hydrogen-bond acceptors (Lipinski definition) is 9. The number of carbonyl (C=O) groups excluding carboxylic acids is 2. The van der Waals surface area contributed by atoms with E-state index in [4.69, 9.17) is 24.7 Å². The second kappa shape index (κ2) is 16.7. The summed E-state index contributed by atoms with van der Waals surface area (Å²) < 4.78 is 24.9. The minimum Gasteiger partial charge on any atom is -0.397 e. The zero-order valence-corrected chi connectivity index (χ0v) is 28.0. The molecule has 0 aromatic heterocycles. The van der Waals surface area contributed by atoms with E-state index in [1.54, 1.807) is 12.1 Å². The number of piperidine rings is 1. The van der Waals surface area contributed by atoms with Crippen LogP contribution in [0, 0.1) is 0 Å². The Labute approximate surface area is 288 Å². The molecule has 0 saturated carbocycles. The Kier molecular flexibility index (Phi) is 11.9. The van der Waals surface area contributed by atoms with Gasteiger partial charge in [0, 0.05) is 63.0 Å². The number of nitrogen functional groups attached to an aromatic ring is 1. The quantitative estimate of drug-likeness (QED) is 0.133. The molecule has 11 heteroatoms. The number of anilines is 3. The first kappa shape index (κ1) is 35.0. The number of benzene rings is 3. The monoisotopic (exact) mass is 672 g/mol. The number of nitrogens with two attached hydrogens (primary N) is 1. The zero-order chi connectivity index (χ0) is 34.1. The Balaban J connectivity index is 0.988. The van der Waals surface area contributed by atoms with Gasteiger partial charge < -0.3 is 45.3 Å². The number of para-hydroxylation sites is 2. The van der Waals surface area contributed by atoms with Crippen LogP contribution in [0.5, 0.6) is 0 Å². The molecule has 0 unspecified atom stereocenters. The lowest BCUT2D eigenvalue weighted by atomic mass is 9.98. The molecule has 3 aromatic carbocycles. The van der Waals surface area contributed by atoms with E-state index in [1.807, 2.05) is 60.7 Å². The number of rotatable bonds is 13. The standard InChI is InChI=1S/C38H48N4O7/c39-32-6-4-5-7-33(32)41-36(45)9-3-1-2-8-35(44)40-30-16-14-29(15-17-30)37-48-31(24-34(49-37)28-12-10-27(26-43)11-13-28)25-42-20-18-38(19-21-42)46-22-23-47-38/h4-7,10-17,31,34,37,43H,1-3,8-9,18-26,39H2,(H,40,44)(H,41,45)/t31-,34+,37+/m1/s1. The molecule has 5 N–H and O–H groups in total. The van der Waals surface area contributed by atoms with Gasteiger partial charge in [0.25, 0.3) is 0 Å². The lowest BCUT2D eigenvalue weighted by Gasteiger charge is -2.41. The highest BCUT2D eigenvalue weighted by molar-refractivity contribution is 5.93. The Morgan fingerprint density at radius 2 is 1.47 bits per heavy atom. The number of aliphatic hydroxyl groups is 1. The van der Waals surface area contributed by atoms with Crippen molar-refractivity contribution >= 4 is 28.9 Å². The highest BCUT2D eigenvalue weighted by atomic mass is 16.7. The lowest BCUT2D eigenvalue weighted by molar-refractivity contribution is -0.255. The third kappa shape index (κ3) is 9.66. The van der Waals surface area contributed by atoms with Crippen LogP contribution in [0.2, 0.25) is 0 Å². The van der Waals surface area contributed by atoms with E-state index < -0.39 is 12.1 Å². The number of hydrogen-bond donors (Lipinski definition) is 4. The van der Waals surface area contributed by atoms with Crippen LogP contribution in [0.1, 0.15) is 80.5 Å². The summed E-state index contributed by atoms with van der Waals surface area (Å²) in [6.07, 6.45) is 4.51. The molecule has 262 valence electrons. The summed E-state index contributed by atoms with van der Waals surface area (Å²) >= 11 is 0. The maximum Gasteiger partial charge on any atom is 0.224 e. The SMILES string of the molecule is Nc1ccccc1NC(=O)CCCCCC(=O)Nc1ccc([C@H]2O[C@@H](CN3CCC4(CC3)OCCO4)C[C@@H](c3ccc(CO)cc3)O2)cc1. The number of likely N-dealkylation sites (tertiary alicyclic amines) is 1. The molecule has 3 atom stereocenters. The number of ether oxygens (including phenoxy) is 4. The van der Waals surface area contributed by atoms with Gasteiger partial charge in [0.05, 0.1) is 43.4 Å². The van der Waals surface area contributed by atoms with Gasteiger partial charge in [0.1, 0.15) is 0 Å². The number of aliphatic hydroxyl groups excluding tert-OH is 1. The van der Waals surface area contributed by atoms with Gasteiger partial charge >= 0.3 is 0 Å². The van der Waals surface area contributed by atoms with Gasteiger partial charge in [0.2, 0.25) is 11.8 Å². The number of nitrogens with zero attached hydrogens (tertiary/aromatic N) is 1. The van der Waals surface area contributed by atoms with Gasteiger partial charge in [-0.1, -0.05) is 55.0 Å². The molecule has 6 rings (SSSR count). The van der Waals surface area contributed by atoms with Crippen LogP contribution in [0.4, 0.5) is 17.1 Å². The van der Waals surface area contributed by atoms with Crippen molar-refractivity contribution in [2.45, 2.75) is 82.3 Å². The normalized spacial score (nSPS) is 22.2. The fraction of sp³-hybridized carbons (Fsp3) is 0.474. The lowest BCUT2D eigenvalue weighted by Crippen LogP contribution is -2.48. The molecule has 3 aliphatic rings. The van der Waals surface area contributed by atoms with Gasteiger partial charge in [-0.2, -0.15) is 0 Å². The van der Waals surface area contributed by atoms with Gasteiger partial charge in [-0.25, -0.2) is 0 Å². The summed E-state index contributed by atoms with van der Waals surface area (Å²) in [4.78, 5) is 27.3. The summed E-state index contributed by atoms with van der Waals surface area (Å²) in [6, 6.07) is 22.7. The summed E-state index contributed by atoms with van der Waals surface area (Å²) in [5.41, 5.74) is 10.5. The molecule has 3 aromatic rings. The molecular weight excluding hydrogens is 624 g/mol. The van der Waals surface area contributed by atoms with Crippen molar-refractivity contribution in [1.82, 2.24) is 4.90 Å². The predicted octanol–water partition coefficient (Wildman–Crippen LogP) is 5.67. The molecule has 3 fully saturated rings. The number of nitrogens with one attached hydrogen (secondary N) is 2. The van der Waals surface area contributed by atoms with Crippen LogP contribution in [0.3, 0.4) is 0 Å². The van der Waals surface area contributed by atoms with E-state index >= 15 is 0 Å². The van der Waals surface area contributed by atoms with Crippen LogP contribution < -0.4 is 16.4 Å². The third-order valence-electron chi connectivity index (χ3n) is 9.52. The average Bonchev–Trinajstić information content (AvgIpc) is 3.58. The van der Waals surface area contributed by atoms with Crippen molar-refractivity contribution in [2.24, 2.45) is 0 Å². The van der Waals surface area contributed by atoms with Gasteiger partial charge in [0.15, 0.2) is 12.1 Å². The fourth-order valence-corrected chi connectivity index (χ4v) is 6.70. The molecule has 0 bridgehead atoms. The molecule has 3 heterocycles. The second-order valence-electron chi connectivity index (χ2n) is 13.1. The maximum atomic E-state index is 12.6. The van der Waals surface area contributed by atoms with E-state index in [0.717, 1.165) is 55.6 Å². The first-order chi connectivity index (χ1) is 23.9. The number of amides is 2. The Morgan fingerprint density at radius 3 is 2.14 bits per heavy atom. The highest BCUT2D eigenvalue weighted by Crippen LogP contribution is 2.39. The Bertz CT molecular complexity index is 1520. The number of carbonyl (C=O) groups is 2. The van der Waals surface area contributed by atoms with Crippen molar-refractivity contribution in [3.8, 4) is 0 Å². The molecule has 11 nitrogen and oxygen atoms in total. The van der Waals surface area contributed by atoms with Crippen LogP contribution in [-0.2, 0) is 35.1 Å². The minimum absolute atomic E-state index is 0.00287. The summed E-state index contributed by atoms with van der Waals surface area (Å²) in [7, 11) is 0.